The zero-order chi connectivity index (χ0) is 15.4. The van der Waals surface area contributed by atoms with Crippen molar-refractivity contribution in [2.24, 2.45) is 0 Å². The number of carbonyl (C=O) groups excluding carboxylic acids is 1. The minimum atomic E-state index is -0.360. The van der Waals surface area contributed by atoms with Crippen molar-refractivity contribution in [3.63, 3.8) is 0 Å². The van der Waals surface area contributed by atoms with Gasteiger partial charge in [-0.3, -0.25) is 0 Å². The first kappa shape index (κ1) is 15.1. The number of aromatic nitrogens is 2. The Morgan fingerprint density at radius 3 is 2.57 bits per heavy atom. The number of ether oxygens (including phenoxy) is 1. The summed E-state index contributed by atoms with van der Waals surface area (Å²) in [6.07, 6.45) is 1.74. The maximum atomic E-state index is 11.7. The summed E-state index contributed by atoms with van der Waals surface area (Å²) < 4.78 is 6.83. The van der Waals surface area contributed by atoms with Gasteiger partial charge in [0.2, 0.25) is 0 Å². The summed E-state index contributed by atoms with van der Waals surface area (Å²) in [6, 6.07) is 7.25. The van der Waals surface area contributed by atoms with Crippen molar-refractivity contribution in [1.29, 1.82) is 0 Å². The van der Waals surface area contributed by atoms with Gasteiger partial charge in [-0.15, -0.1) is 0 Å². The van der Waals surface area contributed by atoms with Crippen LogP contribution in [0.2, 0.25) is 0 Å². The lowest BCUT2D eigenvalue weighted by molar-refractivity contribution is 0.0526. The van der Waals surface area contributed by atoms with E-state index < -0.39 is 0 Å². The van der Waals surface area contributed by atoms with Crippen LogP contribution < -0.4 is 5.73 Å². The van der Waals surface area contributed by atoms with E-state index in [9.17, 15) is 4.79 Å². The molecule has 0 radical (unpaired) electrons. The number of nitrogens with two attached hydrogens (primary N) is 1. The summed E-state index contributed by atoms with van der Waals surface area (Å²) in [5.41, 5.74) is 9.98. The first-order chi connectivity index (χ1) is 10.1. The predicted molar refractivity (Wildman–Crippen MR) is 82.7 cm³/mol. The molecular weight excluding hydrogens is 266 g/mol. The SMILES string of the molecule is CCOC(=O)c1ccc(-n2nc(CC)cc2CC)c(N)c1. The third-order valence-electron chi connectivity index (χ3n) is 3.33. The molecular formula is C16H21N3O2. The molecule has 1 heterocycles. The van der Waals surface area contributed by atoms with Gasteiger partial charge in [0.15, 0.2) is 0 Å². The van der Waals surface area contributed by atoms with Gasteiger partial charge < -0.3 is 10.5 Å². The third-order valence-corrected chi connectivity index (χ3v) is 3.33. The van der Waals surface area contributed by atoms with Gasteiger partial charge in [-0.25, -0.2) is 9.48 Å². The lowest BCUT2D eigenvalue weighted by Gasteiger charge is -2.10. The van der Waals surface area contributed by atoms with E-state index in [2.05, 4.69) is 25.0 Å². The van der Waals surface area contributed by atoms with E-state index in [-0.39, 0.29) is 5.97 Å². The molecule has 0 aliphatic carbocycles. The van der Waals surface area contributed by atoms with E-state index in [0.717, 1.165) is 29.9 Å². The van der Waals surface area contributed by atoms with Crippen LogP contribution in [-0.4, -0.2) is 22.4 Å². The maximum Gasteiger partial charge on any atom is 0.338 e. The highest BCUT2D eigenvalue weighted by molar-refractivity contribution is 5.91. The minimum absolute atomic E-state index is 0.347. The summed E-state index contributed by atoms with van der Waals surface area (Å²) in [7, 11) is 0. The number of carbonyl (C=O) groups is 1. The van der Waals surface area contributed by atoms with Crippen LogP contribution in [0, 0.1) is 0 Å². The lowest BCUT2D eigenvalue weighted by atomic mass is 10.1. The highest BCUT2D eigenvalue weighted by atomic mass is 16.5. The van der Waals surface area contributed by atoms with E-state index in [1.54, 1.807) is 19.1 Å². The fourth-order valence-corrected chi connectivity index (χ4v) is 2.20. The van der Waals surface area contributed by atoms with Crippen LogP contribution in [0.4, 0.5) is 5.69 Å². The second kappa shape index (κ2) is 6.43. The average molecular weight is 287 g/mol. The van der Waals surface area contributed by atoms with Crippen molar-refractivity contribution in [2.75, 3.05) is 12.3 Å². The normalized spacial score (nSPS) is 10.6. The minimum Gasteiger partial charge on any atom is -0.462 e. The molecule has 112 valence electrons. The Bertz CT molecular complexity index is 647. The fraction of sp³-hybridized carbons (Fsp3) is 0.375. The van der Waals surface area contributed by atoms with Gasteiger partial charge in [0.1, 0.15) is 0 Å². The lowest BCUT2D eigenvalue weighted by Crippen LogP contribution is -2.09. The Balaban J connectivity index is 2.41. The number of rotatable bonds is 5. The zero-order valence-electron chi connectivity index (χ0n) is 12.7. The molecule has 1 aromatic heterocycles. The molecule has 0 spiro atoms. The molecule has 2 rings (SSSR count). The van der Waals surface area contributed by atoms with Gasteiger partial charge in [0, 0.05) is 5.69 Å². The van der Waals surface area contributed by atoms with Crippen molar-refractivity contribution in [1.82, 2.24) is 9.78 Å². The number of benzene rings is 1. The van der Waals surface area contributed by atoms with Gasteiger partial charge in [-0.1, -0.05) is 13.8 Å². The van der Waals surface area contributed by atoms with Crippen molar-refractivity contribution >= 4 is 11.7 Å². The highest BCUT2D eigenvalue weighted by Gasteiger charge is 2.13. The molecule has 0 saturated heterocycles. The van der Waals surface area contributed by atoms with E-state index in [1.165, 1.54) is 0 Å². The molecule has 1 aromatic carbocycles. The first-order valence-electron chi connectivity index (χ1n) is 7.25. The largest absolute Gasteiger partial charge is 0.462 e. The number of hydrogen-bond acceptors (Lipinski definition) is 4. The summed E-state index contributed by atoms with van der Waals surface area (Å²) >= 11 is 0. The maximum absolute atomic E-state index is 11.7. The molecule has 2 aromatic rings. The van der Waals surface area contributed by atoms with Crippen LogP contribution in [0.3, 0.4) is 0 Å². The van der Waals surface area contributed by atoms with Crippen molar-refractivity contribution < 1.29 is 9.53 Å². The Morgan fingerprint density at radius 2 is 2.00 bits per heavy atom. The molecule has 0 aliphatic heterocycles. The standard InChI is InChI=1S/C16H21N3O2/c1-4-12-10-13(5-2)19(18-12)15-8-7-11(9-14(15)17)16(20)21-6-3/h7-10H,4-6,17H2,1-3H3. The summed E-state index contributed by atoms with van der Waals surface area (Å²) in [5.74, 6) is -0.360. The Labute approximate surface area is 124 Å². The molecule has 0 aliphatic rings. The topological polar surface area (TPSA) is 70.1 Å². The number of hydrogen-bond donors (Lipinski definition) is 1. The second-order valence-electron chi connectivity index (χ2n) is 4.74. The number of nitrogens with zero attached hydrogens (tertiary/aromatic N) is 2. The quantitative estimate of drug-likeness (QED) is 0.678. The highest BCUT2D eigenvalue weighted by Crippen LogP contribution is 2.22. The molecule has 21 heavy (non-hydrogen) atoms. The molecule has 5 nitrogen and oxygen atoms in total. The molecule has 5 heteroatoms. The number of esters is 1. The van der Waals surface area contributed by atoms with Gasteiger partial charge in [-0.2, -0.15) is 5.10 Å². The molecule has 2 N–H and O–H groups in total. The van der Waals surface area contributed by atoms with Crippen LogP contribution in [-0.2, 0) is 17.6 Å². The Kier molecular flexibility index (Phi) is 4.62. The van der Waals surface area contributed by atoms with Gasteiger partial charge in [0.05, 0.1) is 29.2 Å². The third kappa shape index (κ3) is 3.07. The van der Waals surface area contributed by atoms with E-state index >= 15 is 0 Å². The number of nitrogen functional groups attached to an aromatic ring is 1. The summed E-state index contributed by atoms with van der Waals surface area (Å²) in [6.45, 7) is 6.27. The monoisotopic (exact) mass is 287 g/mol. The zero-order valence-corrected chi connectivity index (χ0v) is 12.7. The van der Waals surface area contributed by atoms with Crippen LogP contribution >= 0.6 is 0 Å². The number of anilines is 1. The molecule has 0 fully saturated rings. The summed E-state index contributed by atoms with van der Waals surface area (Å²) in [4.78, 5) is 11.7. The van der Waals surface area contributed by atoms with Crippen LogP contribution in [0.1, 0.15) is 42.5 Å². The summed E-state index contributed by atoms with van der Waals surface area (Å²) in [5, 5.41) is 4.56. The van der Waals surface area contributed by atoms with E-state index in [4.69, 9.17) is 10.5 Å². The predicted octanol–water partition coefficient (Wildman–Crippen LogP) is 2.76. The van der Waals surface area contributed by atoms with Crippen LogP contribution in [0.25, 0.3) is 5.69 Å². The Morgan fingerprint density at radius 1 is 1.24 bits per heavy atom. The van der Waals surface area contributed by atoms with Gasteiger partial charge >= 0.3 is 5.97 Å². The fourth-order valence-electron chi connectivity index (χ4n) is 2.20. The van der Waals surface area contributed by atoms with Crippen LogP contribution in [0.15, 0.2) is 24.3 Å². The number of aryl methyl sites for hydroxylation is 2. The molecule has 0 unspecified atom stereocenters. The molecule has 0 atom stereocenters. The molecule has 0 saturated carbocycles. The molecule has 0 bridgehead atoms. The van der Waals surface area contributed by atoms with E-state index in [0.29, 0.717) is 17.9 Å². The van der Waals surface area contributed by atoms with Gasteiger partial charge in [-0.05, 0) is 44.0 Å². The second-order valence-corrected chi connectivity index (χ2v) is 4.74. The Hall–Kier alpha value is -2.30. The van der Waals surface area contributed by atoms with Crippen molar-refractivity contribution in [2.45, 2.75) is 33.6 Å². The van der Waals surface area contributed by atoms with E-state index in [1.807, 2.05) is 10.7 Å². The van der Waals surface area contributed by atoms with Crippen LogP contribution in [0.5, 0.6) is 0 Å². The van der Waals surface area contributed by atoms with Crippen molar-refractivity contribution in [3.05, 3.63) is 41.2 Å². The average Bonchev–Trinajstić information content (AvgIpc) is 2.90. The molecule has 0 amide bonds. The van der Waals surface area contributed by atoms with Crippen molar-refractivity contribution in [3.8, 4) is 5.69 Å². The van der Waals surface area contributed by atoms with Gasteiger partial charge in [0.25, 0.3) is 0 Å². The first-order valence-corrected chi connectivity index (χ1v) is 7.25. The smallest absolute Gasteiger partial charge is 0.338 e.